The number of halogens is 4. The van der Waals surface area contributed by atoms with Gasteiger partial charge in [-0.25, -0.2) is 0 Å². The number of likely N-dealkylation sites (N-methyl/N-ethyl adjacent to an activating group) is 1. The zero-order valence-corrected chi connectivity index (χ0v) is 16.0. The van der Waals surface area contributed by atoms with Gasteiger partial charge in [-0.3, -0.25) is 9.69 Å². The number of rotatable bonds is 6. The van der Waals surface area contributed by atoms with E-state index in [1.165, 1.54) is 24.3 Å². The van der Waals surface area contributed by atoms with Crippen molar-refractivity contribution in [3.63, 3.8) is 0 Å². The van der Waals surface area contributed by atoms with Gasteiger partial charge in [0.2, 0.25) is 0 Å². The maximum atomic E-state index is 12.9. The van der Waals surface area contributed by atoms with Crippen LogP contribution in [0.1, 0.15) is 11.1 Å². The first kappa shape index (κ1) is 21.6. The molecule has 30 heavy (non-hydrogen) atoms. The van der Waals surface area contributed by atoms with Gasteiger partial charge in [0.15, 0.2) is 5.78 Å². The molecular weight excluding hydrogens is 402 g/mol. The van der Waals surface area contributed by atoms with Crippen molar-refractivity contribution in [3.8, 4) is 11.5 Å². The number of hydrogen-bond donors (Lipinski definition) is 0. The van der Waals surface area contributed by atoms with E-state index in [1.54, 1.807) is 36.4 Å². The van der Waals surface area contributed by atoms with Crippen LogP contribution in [0.15, 0.2) is 59.7 Å². The molecule has 0 aliphatic carbocycles. The molecule has 1 aliphatic rings. The first-order valence-electron chi connectivity index (χ1n) is 9.04. The van der Waals surface area contributed by atoms with Crippen LogP contribution in [0.25, 0.3) is 12.2 Å². The predicted octanol–water partition coefficient (Wildman–Crippen LogP) is 4.87. The first-order chi connectivity index (χ1) is 14.3. The summed E-state index contributed by atoms with van der Waals surface area (Å²) in [6.07, 6.45) is 3.41. The average molecular weight is 421 g/mol. The minimum Gasteiger partial charge on any atom is -0.435 e. The summed E-state index contributed by atoms with van der Waals surface area (Å²) in [5.74, 6) is -0.0490. The fraction of sp³-hybridized carbons (Fsp3) is 0.227. The Morgan fingerprint density at radius 2 is 1.13 bits per heavy atom. The third kappa shape index (κ3) is 5.93. The highest BCUT2D eigenvalue weighted by Gasteiger charge is 2.24. The highest BCUT2D eigenvalue weighted by atomic mass is 19.3. The second kappa shape index (κ2) is 9.58. The lowest BCUT2D eigenvalue weighted by Crippen LogP contribution is -2.34. The monoisotopic (exact) mass is 421 g/mol. The predicted molar refractivity (Wildman–Crippen MR) is 105 cm³/mol. The van der Waals surface area contributed by atoms with E-state index in [2.05, 4.69) is 9.47 Å². The van der Waals surface area contributed by atoms with Gasteiger partial charge < -0.3 is 9.47 Å². The van der Waals surface area contributed by atoms with Crippen molar-refractivity contribution < 1.29 is 31.8 Å². The third-order valence-electron chi connectivity index (χ3n) is 4.36. The smallest absolute Gasteiger partial charge is 0.387 e. The molecule has 2 aromatic carbocycles. The fourth-order valence-electron chi connectivity index (χ4n) is 3.10. The summed E-state index contributed by atoms with van der Waals surface area (Å²) in [5.41, 5.74) is 2.47. The van der Waals surface area contributed by atoms with Crippen LogP contribution in [-0.4, -0.2) is 44.0 Å². The largest absolute Gasteiger partial charge is 0.435 e. The highest BCUT2D eigenvalue weighted by molar-refractivity contribution is 6.14. The molecule has 158 valence electrons. The Morgan fingerprint density at radius 3 is 1.47 bits per heavy atom. The Balaban J connectivity index is 1.79. The van der Waals surface area contributed by atoms with Crippen molar-refractivity contribution in [1.29, 1.82) is 0 Å². The second-order valence-electron chi connectivity index (χ2n) is 6.74. The number of benzene rings is 2. The molecule has 1 heterocycles. The minimum absolute atomic E-state index is 0.0408. The summed E-state index contributed by atoms with van der Waals surface area (Å²) in [5, 5.41) is 0. The number of Topliss-reactive ketones (excluding diaryl/α,β-unsaturated/α-hetero) is 1. The molecule has 0 unspecified atom stereocenters. The van der Waals surface area contributed by atoms with E-state index < -0.39 is 13.2 Å². The van der Waals surface area contributed by atoms with Gasteiger partial charge in [-0.1, -0.05) is 24.3 Å². The number of alkyl halides is 4. The van der Waals surface area contributed by atoms with E-state index in [4.69, 9.17) is 0 Å². The molecule has 1 saturated heterocycles. The van der Waals surface area contributed by atoms with Crippen LogP contribution in [-0.2, 0) is 4.79 Å². The molecule has 0 N–H and O–H groups in total. The average Bonchev–Trinajstić information content (AvgIpc) is 2.67. The van der Waals surface area contributed by atoms with E-state index in [9.17, 15) is 22.4 Å². The number of carbonyl (C=O) groups excluding carboxylic acids is 1. The standard InChI is InChI=1S/C22H19F4NO3/c1-27-12-16(10-14-2-6-18(7-3-14)29-21(23)24)20(28)17(13-27)11-15-4-8-19(9-5-15)30-22(25)26/h2-11,21-22H,12-13H2,1H3/b16-10-,17-11+. The molecule has 0 radical (unpaired) electrons. The SMILES string of the molecule is CN1C/C(=C/c2ccc(OC(F)F)cc2)C(=O)/C(=C/c2ccc(OC(F)F)cc2)C1. The van der Waals surface area contributed by atoms with Crippen molar-refractivity contribution in [2.45, 2.75) is 13.2 Å². The number of likely N-dealkylation sites (tertiary alicyclic amines) is 1. The summed E-state index contributed by atoms with van der Waals surface area (Å²) in [6.45, 7) is -4.92. The Morgan fingerprint density at radius 1 is 0.767 bits per heavy atom. The third-order valence-corrected chi connectivity index (χ3v) is 4.36. The number of nitrogens with zero attached hydrogens (tertiary/aromatic N) is 1. The lowest BCUT2D eigenvalue weighted by Gasteiger charge is -2.26. The van der Waals surface area contributed by atoms with Gasteiger partial charge in [0.1, 0.15) is 11.5 Å². The molecule has 0 spiro atoms. The minimum atomic E-state index is -2.90. The van der Waals surface area contributed by atoms with E-state index in [0.717, 1.165) is 0 Å². The molecule has 0 bridgehead atoms. The van der Waals surface area contributed by atoms with E-state index in [0.29, 0.717) is 35.4 Å². The Bertz CT molecular complexity index is 862. The summed E-state index contributed by atoms with van der Waals surface area (Å²) < 4.78 is 57.7. The zero-order valence-electron chi connectivity index (χ0n) is 16.0. The lowest BCUT2D eigenvalue weighted by atomic mass is 9.94. The van der Waals surface area contributed by atoms with Crippen LogP contribution >= 0.6 is 0 Å². The van der Waals surface area contributed by atoms with Crippen LogP contribution in [0.5, 0.6) is 11.5 Å². The van der Waals surface area contributed by atoms with E-state index in [1.807, 2.05) is 11.9 Å². The van der Waals surface area contributed by atoms with Gasteiger partial charge in [0.25, 0.3) is 0 Å². The zero-order chi connectivity index (χ0) is 21.7. The van der Waals surface area contributed by atoms with Crippen molar-refractivity contribution in [3.05, 3.63) is 70.8 Å². The quantitative estimate of drug-likeness (QED) is 0.493. The lowest BCUT2D eigenvalue weighted by molar-refractivity contribution is -0.113. The van der Waals surface area contributed by atoms with Crippen LogP contribution in [0.2, 0.25) is 0 Å². The van der Waals surface area contributed by atoms with Gasteiger partial charge in [-0.05, 0) is 54.6 Å². The summed E-state index contributed by atoms with van der Waals surface area (Å²) in [4.78, 5) is 14.9. The summed E-state index contributed by atoms with van der Waals surface area (Å²) >= 11 is 0. The Hall–Kier alpha value is -3.13. The van der Waals surface area contributed by atoms with Gasteiger partial charge >= 0.3 is 13.2 Å². The van der Waals surface area contributed by atoms with Gasteiger partial charge in [0, 0.05) is 24.2 Å². The molecule has 2 aromatic rings. The molecule has 1 fully saturated rings. The first-order valence-corrected chi connectivity index (χ1v) is 9.04. The van der Waals surface area contributed by atoms with Crippen LogP contribution in [0.3, 0.4) is 0 Å². The summed E-state index contributed by atoms with van der Waals surface area (Å²) in [6, 6.07) is 12.0. The van der Waals surface area contributed by atoms with Gasteiger partial charge in [-0.2, -0.15) is 17.6 Å². The molecule has 0 aromatic heterocycles. The normalized spacial score (nSPS) is 17.9. The highest BCUT2D eigenvalue weighted by Crippen LogP contribution is 2.23. The molecule has 1 aliphatic heterocycles. The molecule has 0 saturated carbocycles. The van der Waals surface area contributed by atoms with Crippen molar-refractivity contribution in [2.24, 2.45) is 0 Å². The van der Waals surface area contributed by atoms with Crippen LogP contribution < -0.4 is 9.47 Å². The van der Waals surface area contributed by atoms with Crippen LogP contribution in [0, 0.1) is 0 Å². The molecule has 4 nitrogen and oxygen atoms in total. The Labute approximate surface area is 171 Å². The van der Waals surface area contributed by atoms with E-state index in [-0.39, 0.29) is 17.3 Å². The van der Waals surface area contributed by atoms with Gasteiger partial charge in [-0.15, -0.1) is 0 Å². The second-order valence-corrected chi connectivity index (χ2v) is 6.74. The number of piperidine rings is 1. The molecule has 3 rings (SSSR count). The van der Waals surface area contributed by atoms with Gasteiger partial charge in [0.05, 0.1) is 0 Å². The molecule has 0 atom stereocenters. The van der Waals surface area contributed by atoms with Crippen LogP contribution in [0.4, 0.5) is 17.6 Å². The van der Waals surface area contributed by atoms with Crippen molar-refractivity contribution in [2.75, 3.05) is 20.1 Å². The molecular formula is C22H19F4NO3. The van der Waals surface area contributed by atoms with Crippen molar-refractivity contribution >= 4 is 17.9 Å². The van der Waals surface area contributed by atoms with Crippen molar-refractivity contribution in [1.82, 2.24) is 4.90 Å². The van der Waals surface area contributed by atoms with E-state index >= 15 is 0 Å². The maximum Gasteiger partial charge on any atom is 0.387 e. The number of ketones is 1. The number of hydrogen-bond acceptors (Lipinski definition) is 4. The number of ether oxygens (including phenoxy) is 2. The molecule has 0 amide bonds. The topological polar surface area (TPSA) is 38.8 Å². The maximum absolute atomic E-state index is 12.9. The summed E-state index contributed by atoms with van der Waals surface area (Å²) in [7, 11) is 1.87. The Kier molecular flexibility index (Phi) is 6.89. The number of carbonyl (C=O) groups is 1. The molecule has 8 heteroatoms. The fourth-order valence-corrected chi connectivity index (χ4v) is 3.10.